The average molecular weight is 453 g/mol. The molecule has 4 amide bonds. The number of nitrogens with one attached hydrogen (secondary N) is 3. The lowest BCUT2D eigenvalue weighted by Crippen LogP contribution is -2.45. The molecule has 32 heavy (non-hydrogen) atoms. The van der Waals surface area contributed by atoms with Crippen molar-refractivity contribution in [3.05, 3.63) is 70.9 Å². The van der Waals surface area contributed by atoms with Gasteiger partial charge in [-0.25, -0.2) is 4.79 Å². The number of rotatable bonds is 7. The number of aromatic nitrogens is 1. The lowest BCUT2D eigenvalue weighted by Gasteiger charge is -2.21. The number of hydrogen-bond acceptors (Lipinski definition) is 3. The number of imide groups is 1. The van der Waals surface area contributed by atoms with Crippen LogP contribution in [0, 0.1) is 0 Å². The maximum atomic E-state index is 12.7. The molecule has 1 aliphatic heterocycles. The zero-order valence-corrected chi connectivity index (χ0v) is 18.7. The smallest absolute Gasteiger partial charge is 0.325 e. The predicted molar refractivity (Wildman–Crippen MR) is 124 cm³/mol. The normalized spacial score (nSPS) is 19.3. The van der Waals surface area contributed by atoms with Crippen LogP contribution in [0.15, 0.2) is 54.7 Å². The van der Waals surface area contributed by atoms with E-state index in [1.807, 2.05) is 61.7 Å². The van der Waals surface area contributed by atoms with Crippen molar-refractivity contribution < 1.29 is 14.4 Å². The second-order valence-corrected chi connectivity index (χ2v) is 8.58. The second kappa shape index (κ2) is 8.67. The van der Waals surface area contributed by atoms with E-state index in [2.05, 4.69) is 15.6 Å². The van der Waals surface area contributed by atoms with Gasteiger partial charge in [0.2, 0.25) is 5.91 Å². The third kappa shape index (κ3) is 3.96. The fourth-order valence-corrected chi connectivity index (χ4v) is 4.34. The van der Waals surface area contributed by atoms with Crippen LogP contribution in [0.3, 0.4) is 0 Å². The minimum absolute atomic E-state index is 0.215. The highest BCUT2D eigenvalue weighted by atomic mass is 35.5. The number of carbonyl (C=O) groups is 3. The minimum atomic E-state index is -0.971. The number of carbonyl (C=O) groups excluding carboxylic acids is 3. The summed E-state index contributed by atoms with van der Waals surface area (Å²) in [7, 11) is 0. The zero-order chi connectivity index (χ0) is 22.9. The Morgan fingerprint density at radius 3 is 2.56 bits per heavy atom. The van der Waals surface area contributed by atoms with Gasteiger partial charge in [0.05, 0.1) is 0 Å². The van der Waals surface area contributed by atoms with E-state index in [1.165, 1.54) is 0 Å². The molecule has 166 valence electrons. The van der Waals surface area contributed by atoms with Crippen molar-refractivity contribution >= 4 is 40.3 Å². The number of hydrogen-bond donors (Lipinski definition) is 3. The predicted octanol–water partition coefficient (Wildman–Crippen LogP) is 3.79. The summed E-state index contributed by atoms with van der Waals surface area (Å²) >= 11 is 6.50. The molecule has 8 heteroatoms. The van der Waals surface area contributed by atoms with Crippen LogP contribution in [0.25, 0.3) is 10.9 Å². The van der Waals surface area contributed by atoms with Crippen LogP contribution >= 0.6 is 11.6 Å². The molecule has 1 saturated heterocycles. The van der Waals surface area contributed by atoms with Crippen molar-refractivity contribution in [2.45, 2.75) is 31.7 Å². The molecule has 0 spiro atoms. The highest BCUT2D eigenvalue weighted by Crippen LogP contribution is 2.34. The first-order valence-corrected chi connectivity index (χ1v) is 10.9. The Morgan fingerprint density at radius 1 is 1.12 bits per heavy atom. The largest absolute Gasteiger partial charge is 0.361 e. The third-order valence-electron chi connectivity index (χ3n) is 6.13. The number of amides is 4. The SMILES string of the molecule is CCC1(C)NC(=O)N(CC(=O)NCC(c2ccccc2Cl)c2c[nH]c3ccccc23)C1=O. The molecule has 1 aliphatic rings. The molecule has 1 fully saturated rings. The molecule has 2 unspecified atom stereocenters. The molecule has 0 radical (unpaired) electrons. The monoisotopic (exact) mass is 452 g/mol. The Hall–Kier alpha value is -3.32. The van der Waals surface area contributed by atoms with Crippen LogP contribution < -0.4 is 10.6 Å². The van der Waals surface area contributed by atoms with E-state index in [-0.39, 0.29) is 24.9 Å². The number of benzene rings is 2. The first-order valence-electron chi connectivity index (χ1n) is 10.6. The van der Waals surface area contributed by atoms with Crippen LogP contribution in [0.4, 0.5) is 4.79 Å². The number of fused-ring (bicyclic) bond motifs is 1. The highest BCUT2D eigenvalue weighted by Gasteiger charge is 2.47. The molecular formula is C24H25ClN4O3. The van der Waals surface area contributed by atoms with Crippen LogP contribution in [-0.4, -0.2) is 46.4 Å². The minimum Gasteiger partial charge on any atom is -0.361 e. The Balaban J connectivity index is 1.55. The summed E-state index contributed by atoms with van der Waals surface area (Å²) in [6.07, 6.45) is 2.37. The summed E-state index contributed by atoms with van der Waals surface area (Å²) < 4.78 is 0. The van der Waals surface area contributed by atoms with Gasteiger partial charge in [0.25, 0.3) is 5.91 Å². The van der Waals surface area contributed by atoms with Gasteiger partial charge < -0.3 is 15.6 Å². The van der Waals surface area contributed by atoms with Crippen LogP contribution in [0.1, 0.15) is 37.3 Å². The maximum absolute atomic E-state index is 12.7. The summed E-state index contributed by atoms with van der Waals surface area (Å²) in [5.74, 6) is -1.02. The Morgan fingerprint density at radius 2 is 1.84 bits per heavy atom. The van der Waals surface area contributed by atoms with Gasteiger partial charge in [0, 0.05) is 34.6 Å². The van der Waals surface area contributed by atoms with Crippen LogP contribution in [-0.2, 0) is 9.59 Å². The number of urea groups is 1. The van der Waals surface area contributed by atoms with Crippen LogP contribution in [0.5, 0.6) is 0 Å². The quantitative estimate of drug-likeness (QED) is 0.476. The van der Waals surface area contributed by atoms with E-state index in [4.69, 9.17) is 11.6 Å². The van der Waals surface area contributed by atoms with Crippen LogP contribution in [0.2, 0.25) is 5.02 Å². The highest BCUT2D eigenvalue weighted by molar-refractivity contribution is 6.31. The summed E-state index contributed by atoms with van der Waals surface area (Å²) in [6.45, 7) is 3.41. The maximum Gasteiger partial charge on any atom is 0.325 e. The van der Waals surface area contributed by atoms with Crippen molar-refractivity contribution in [1.29, 1.82) is 0 Å². The number of nitrogens with zero attached hydrogens (tertiary/aromatic N) is 1. The zero-order valence-electron chi connectivity index (χ0n) is 17.9. The molecule has 3 N–H and O–H groups in total. The molecule has 7 nitrogen and oxygen atoms in total. The van der Waals surface area contributed by atoms with Gasteiger partial charge in [-0.15, -0.1) is 0 Å². The third-order valence-corrected chi connectivity index (χ3v) is 6.48. The molecular weight excluding hydrogens is 428 g/mol. The van der Waals surface area contributed by atoms with Crippen molar-refractivity contribution in [1.82, 2.24) is 20.5 Å². The van der Waals surface area contributed by atoms with Gasteiger partial charge in [-0.3, -0.25) is 14.5 Å². The second-order valence-electron chi connectivity index (χ2n) is 8.17. The van der Waals surface area contributed by atoms with Gasteiger partial charge >= 0.3 is 6.03 Å². The lowest BCUT2D eigenvalue weighted by molar-refractivity contribution is -0.134. The topological polar surface area (TPSA) is 94.3 Å². The van der Waals surface area contributed by atoms with Crippen molar-refractivity contribution in [3.63, 3.8) is 0 Å². The van der Waals surface area contributed by atoms with Crippen molar-refractivity contribution in [2.75, 3.05) is 13.1 Å². The summed E-state index contributed by atoms with van der Waals surface area (Å²) in [5.41, 5.74) is 1.90. The van der Waals surface area contributed by atoms with E-state index in [1.54, 1.807) is 6.92 Å². The number of halogens is 1. The van der Waals surface area contributed by atoms with E-state index in [9.17, 15) is 14.4 Å². The first kappa shape index (κ1) is 21.9. The van der Waals surface area contributed by atoms with Crippen molar-refractivity contribution in [2.24, 2.45) is 0 Å². The molecule has 3 aromatic rings. The van der Waals surface area contributed by atoms with E-state index in [0.717, 1.165) is 26.9 Å². The van der Waals surface area contributed by atoms with Gasteiger partial charge in [0.15, 0.2) is 0 Å². The molecule has 4 rings (SSSR count). The van der Waals surface area contributed by atoms with E-state index in [0.29, 0.717) is 11.4 Å². The number of para-hydroxylation sites is 1. The Kier molecular flexibility index (Phi) is 5.93. The molecule has 2 aromatic carbocycles. The fraction of sp³-hybridized carbons (Fsp3) is 0.292. The summed E-state index contributed by atoms with van der Waals surface area (Å²) in [4.78, 5) is 41.8. The summed E-state index contributed by atoms with van der Waals surface area (Å²) in [5, 5.41) is 7.19. The molecule has 0 bridgehead atoms. The number of aromatic amines is 1. The first-order chi connectivity index (χ1) is 15.3. The van der Waals surface area contributed by atoms with E-state index >= 15 is 0 Å². The van der Waals surface area contributed by atoms with Gasteiger partial charge in [-0.1, -0.05) is 54.9 Å². The van der Waals surface area contributed by atoms with Gasteiger partial charge in [0.1, 0.15) is 12.1 Å². The molecule has 1 aromatic heterocycles. The standard InChI is InChI=1S/C24H25ClN4O3/c1-3-24(2)22(31)29(23(32)28-24)14-21(30)27-13-17(15-8-4-6-10-19(15)25)18-12-26-20-11-7-5-9-16(18)20/h4-12,17,26H,3,13-14H2,1-2H3,(H,27,30)(H,28,32). The van der Waals surface area contributed by atoms with E-state index < -0.39 is 17.5 Å². The fourth-order valence-electron chi connectivity index (χ4n) is 4.07. The van der Waals surface area contributed by atoms with Gasteiger partial charge in [-0.05, 0) is 36.6 Å². The molecule has 2 atom stereocenters. The Bertz CT molecular complexity index is 1190. The van der Waals surface area contributed by atoms with Gasteiger partial charge in [-0.2, -0.15) is 0 Å². The Labute approximate surface area is 191 Å². The number of H-pyrrole nitrogens is 1. The molecule has 2 heterocycles. The summed E-state index contributed by atoms with van der Waals surface area (Å²) in [6, 6.07) is 14.9. The lowest BCUT2D eigenvalue weighted by atomic mass is 9.90. The molecule has 0 saturated carbocycles. The van der Waals surface area contributed by atoms with Crippen molar-refractivity contribution in [3.8, 4) is 0 Å². The average Bonchev–Trinajstić information content (AvgIpc) is 3.30. The molecule has 0 aliphatic carbocycles.